The van der Waals surface area contributed by atoms with Gasteiger partial charge in [0.2, 0.25) is 11.6 Å². The van der Waals surface area contributed by atoms with Gasteiger partial charge in [-0.05, 0) is 44.0 Å². The van der Waals surface area contributed by atoms with E-state index in [4.69, 9.17) is 14.2 Å². The fourth-order valence-corrected chi connectivity index (χ4v) is 2.39. The van der Waals surface area contributed by atoms with Crippen LogP contribution in [0.4, 0.5) is 17.6 Å². The Morgan fingerprint density at radius 3 is 1.69 bits per heavy atom. The second-order valence-corrected chi connectivity index (χ2v) is 5.46. The minimum atomic E-state index is -1.30. The van der Waals surface area contributed by atoms with Gasteiger partial charge in [-0.1, -0.05) is 0 Å². The zero-order valence-electron chi connectivity index (χ0n) is 14.6. The smallest absolute Gasteiger partial charge is 0.201 e. The van der Waals surface area contributed by atoms with Crippen LogP contribution in [0.1, 0.15) is 19.8 Å². The van der Waals surface area contributed by atoms with Crippen molar-refractivity contribution >= 4 is 0 Å². The second kappa shape index (κ2) is 9.43. The van der Waals surface area contributed by atoms with Crippen LogP contribution in [0.25, 0.3) is 11.1 Å². The van der Waals surface area contributed by atoms with E-state index >= 15 is 0 Å². The van der Waals surface area contributed by atoms with Crippen molar-refractivity contribution in [3.8, 4) is 22.6 Å². The Kier molecular flexibility index (Phi) is 7.26. The van der Waals surface area contributed by atoms with Crippen LogP contribution in [0.3, 0.4) is 0 Å². The maximum atomic E-state index is 14.3. The molecule has 26 heavy (non-hydrogen) atoms. The number of ether oxygens (including phenoxy) is 3. The predicted octanol–water partition coefficient (Wildman–Crippen LogP) is 5.11. The average molecular weight is 372 g/mol. The molecule has 0 spiro atoms. The quantitative estimate of drug-likeness (QED) is 0.452. The van der Waals surface area contributed by atoms with Crippen molar-refractivity contribution in [3.63, 3.8) is 0 Å². The first-order valence-corrected chi connectivity index (χ1v) is 8.22. The van der Waals surface area contributed by atoms with Crippen molar-refractivity contribution in [3.05, 3.63) is 47.5 Å². The van der Waals surface area contributed by atoms with Crippen LogP contribution in [-0.4, -0.2) is 26.9 Å². The van der Waals surface area contributed by atoms with Crippen molar-refractivity contribution in [2.45, 2.75) is 19.8 Å². The van der Waals surface area contributed by atoms with Gasteiger partial charge in [0, 0.05) is 24.8 Å². The monoisotopic (exact) mass is 372 g/mol. The Hall–Kier alpha value is -2.28. The maximum absolute atomic E-state index is 14.3. The van der Waals surface area contributed by atoms with Gasteiger partial charge in [0.1, 0.15) is 0 Å². The van der Waals surface area contributed by atoms with Crippen molar-refractivity contribution < 1.29 is 31.8 Å². The lowest BCUT2D eigenvalue weighted by molar-refractivity contribution is 0.183. The molecular formula is C19H20F4O3. The van der Waals surface area contributed by atoms with E-state index in [0.717, 1.165) is 18.6 Å². The molecule has 0 fully saturated rings. The zero-order chi connectivity index (χ0) is 19.1. The molecule has 3 nitrogen and oxygen atoms in total. The van der Waals surface area contributed by atoms with E-state index in [2.05, 4.69) is 0 Å². The summed E-state index contributed by atoms with van der Waals surface area (Å²) in [7, 11) is 1.57. The van der Waals surface area contributed by atoms with Gasteiger partial charge in [-0.2, -0.15) is 8.78 Å². The van der Waals surface area contributed by atoms with Crippen molar-refractivity contribution in [2.75, 3.05) is 26.9 Å². The highest BCUT2D eigenvalue weighted by atomic mass is 19.2. The molecule has 7 heteroatoms. The first-order chi connectivity index (χ1) is 12.5. The van der Waals surface area contributed by atoms with Gasteiger partial charge in [-0.3, -0.25) is 0 Å². The minimum Gasteiger partial charge on any atom is -0.491 e. The van der Waals surface area contributed by atoms with E-state index in [1.807, 2.05) is 0 Å². The van der Waals surface area contributed by atoms with E-state index < -0.39 is 34.4 Å². The van der Waals surface area contributed by atoms with Crippen LogP contribution in [0.15, 0.2) is 24.3 Å². The molecule has 2 aromatic carbocycles. The third-order valence-corrected chi connectivity index (χ3v) is 3.68. The highest BCUT2D eigenvalue weighted by molar-refractivity contribution is 5.67. The molecule has 0 heterocycles. The van der Waals surface area contributed by atoms with Crippen LogP contribution in [-0.2, 0) is 4.74 Å². The Morgan fingerprint density at radius 2 is 1.19 bits per heavy atom. The Balaban J connectivity index is 2.24. The number of hydrogen-bond donors (Lipinski definition) is 0. The summed E-state index contributed by atoms with van der Waals surface area (Å²) in [6.45, 7) is 2.50. The third kappa shape index (κ3) is 4.46. The molecule has 0 atom stereocenters. The van der Waals surface area contributed by atoms with Gasteiger partial charge < -0.3 is 14.2 Å². The lowest BCUT2D eigenvalue weighted by Crippen LogP contribution is -2.04. The number of halogens is 4. The summed E-state index contributed by atoms with van der Waals surface area (Å²) in [6, 6.07) is 4.67. The van der Waals surface area contributed by atoms with E-state index in [0.29, 0.717) is 13.0 Å². The van der Waals surface area contributed by atoms with E-state index in [1.54, 1.807) is 14.0 Å². The van der Waals surface area contributed by atoms with Crippen LogP contribution in [0, 0.1) is 23.3 Å². The normalized spacial score (nSPS) is 10.8. The fraction of sp³-hybridized carbons (Fsp3) is 0.368. The fourth-order valence-electron chi connectivity index (χ4n) is 2.39. The van der Waals surface area contributed by atoms with Gasteiger partial charge in [0.25, 0.3) is 0 Å². The van der Waals surface area contributed by atoms with Gasteiger partial charge in [0.05, 0.1) is 13.2 Å². The summed E-state index contributed by atoms with van der Waals surface area (Å²) in [5, 5.41) is 0. The third-order valence-electron chi connectivity index (χ3n) is 3.68. The van der Waals surface area contributed by atoms with Crippen LogP contribution in [0.5, 0.6) is 11.5 Å². The summed E-state index contributed by atoms with van der Waals surface area (Å²) in [5.41, 5.74) is -0.789. The standard InChI is InChI=1S/C19H20F4O3/c1-3-25-14-8-6-12(16(20)18(14)22)13-7-9-15(19(23)17(13)21)26-11-5-4-10-24-2/h6-9H,3-5,10-11H2,1-2H3. The highest BCUT2D eigenvalue weighted by Crippen LogP contribution is 2.34. The number of benzene rings is 2. The molecule has 0 saturated heterocycles. The van der Waals surface area contributed by atoms with Crippen LogP contribution < -0.4 is 9.47 Å². The van der Waals surface area contributed by atoms with Gasteiger partial charge in [-0.25, -0.2) is 8.78 Å². The largest absolute Gasteiger partial charge is 0.491 e. The first-order valence-electron chi connectivity index (χ1n) is 8.22. The van der Waals surface area contributed by atoms with Crippen molar-refractivity contribution in [2.24, 2.45) is 0 Å². The van der Waals surface area contributed by atoms with Crippen molar-refractivity contribution in [1.82, 2.24) is 0 Å². The summed E-state index contributed by atoms with van der Waals surface area (Å²) in [5.74, 6) is -5.67. The summed E-state index contributed by atoms with van der Waals surface area (Å²) in [6.07, 6.45) is 1.32. The summed E-state index contributed by atoms with van der Waals surface area (Å²) in [4.78, 5) is 0. The molecule has 142 valence electrons. The molecule has 2 aromatic rings. The average Bonchev–Trinajstić information content (AvgIpc) is 2.63. The van der Waals surface area contributed by atoms with E-state index in [1.165, 1.54) is 12.1 Å². The molecule has 0 aliphatic carbocycles. The topological polar surface area (TPSA) is 27.7 Å². The van der Waals surface area contributed by atoms with E-state index in [-0.39, 0.29) is 24.7 Å². The molecule has 0 amide bonds. The first kappa shape index (κ1) is 20.0. The molecular weight excluding hydrogens is 352 g/mol. The molecule has 0 radical (unpaired) electrons. The molecule has 0 N–H and O–H groups in total. The Morgan fingerprint density at radius 1 is 0.692 bits per heavy atom. The number of unbranched alkanes of at least 4 members (excludes halogenated alkanes) is 1. The summed E-state index contributed by atoms with van der Waals surface area (Å²) < 4.78 is 71.7. The Labute approximate surface area is 149 Å². The van der Waals surface area contributed by atoms with Crippen LogP contribution in [0.2, 0.25) is 0 Å². The van der Waals surface area contributed by atoms with Gasteiger partial charge in [-0.15, -0.1) is 0 Å². The zero-order valence-corrected chi connectivity index (χ0v) is 14.6. The maximum Gasteiger partial charge on any atom is 0.201 e. The lowest BCUT2D eigenvalue weighted by Gasteiger charge is -2.12. The van der Waals surface area contributed by atoms with Crippen molar-refractivity contribution in [1.29, 1.82) is 0 Å². The van der Waals surface area contributed by atoms with E-state index in [9.17, 15) is 17.6 Å². The molecule has 2 rings (SSSR count). The highest BCUT2D eigenvalue weighted by Gasteiger charge is 2.21. The Bertz CT molecular complexity index is 750. The van der Waals surface area contributed by atoms with Gasteiger partial charge in [0.15, 0.2) is 23.1 Å². The minimum absolute atomic E-state index is 0.148. The SMILES string of the molecule is CCOc1ccc(-c2ccc(OCCCCOC)c(F)c2F)c(F)c1F. The molecule has 0 unspecified atom stereocenters. The number of rotatable bonds is 9. The molecule has 0 aliphatic heterocycles. The second-order valence-electron chi connectivity index (χ2n) is 5.46. The molecule has 0 bridgehead atoms. The predicted molar refractivity (Wildman–Crippen MR) is 89.5 cm³/mol. The van der Waals surface area contributed by atoms with Crippen LogP contribution >= 0.6 is 0 Å². The number of methoxy groups -OCH3 is 1. The molecule has 0 saturated carbocycles. The molecule has 0 aliphatic rings. The lowest BCUT2D eigenvalue weighted by atomic mass is 10.0. The summed E-state index contributed by atoms with van der Waals surface area (Å²) >= 11 is 0. The van der Waals surface area contributed by atoms with Gasteiger partial charge >= 0.3 is 0 Å². The number of hydrogen-bond acceptors (Lipinski definition) is 3. The molecule has 0 aromatic heterocycles.